The molecule has 148 valence electrons. The minimum atomic E-state index is -0.647. The topological polar surface area (TPSA) is 108 Å². The monoisotopic (exact) mass is 402 g/mol. The third-order valence-electron chi connectivity index (χ3n) is 3.58. The van der Waals surface area contributed by atoms with E-state index in [1.54, 1.807) is 36.4 Å². The summed E-state index contributed by atoms with van der Waals surface area (Å²) in [5, 5.41) is 2.65. The van der Waals surface area contributed by atoms with Crippen LogP contribution in [0.25, 0.3) is 0 Å². The fourth-order valence-corrected chi connectivity index (χ4v) is 2.93. The Bertz CT molecular complexity index is 824. The van der Waals surface area contributed by atoms with Crippen LogP contribution in [0.1, 0.15) is 12.5 Å². The van der Waals surface area contributed by atoms with E-state index in [1.165, 1.54) is 17.3 Å². The molecule has 0 heterocycles. The Balaban J connectivity index is 1.77. The lowest BCUT2D eigenvalue weighted by atomic mass is 10.2. The number of anilines is 1. The lowest BCUT2D eigenvalue weighted by Gasteiger charge is -2.11. The summed E-state index contributed by atoms with van der Waals surface area (Å²) in [7, 11) is 0. The van der Waals surface area contributed by atoms with E-state index < -0.39 is 24.4 Å². The van der Waals surface area contributed by atoms with Crippen LogP contribution in [0.5, 0.6) is 5.75 Å². The van der Waals surface area contributed by atoms with Crippen LogP contribution in [0.2, 0.25) is 0 Å². The second-order valence-electron chi connectivity index (χ2n) is 5.75. The van der Waals surface area contributed by atoms with Gasteiger partial charge in [0.2, 0.25) is 5.91 Å². The Labute approximate surface area is 167 Å². The summed E-state index contributed by atoms with van der Waals surface area (Å²) in [5.74, 6) is -0.944. The zero-order chi connectivity index (χ0) is 20.4. The average Bonchev–Trinajstić information content (AvgIpc) is 2.70. The Morgan fingerprint density at radius 2 is 1.75 bits per heavy atom. The number of hydrogen-bond acceptors (Lipinski definition) is 6. The second kappa shape index (κ2) is 11.0. The number of carbonyl (C=O) groups is 3. The lowest BCUT2D eigenvalue weighted by Crippen LogP contribution is -2.24. The molecule has 0 aromatic heterocycles. The number of carbonyl (C=O) groups excluding carboxylic acids is 3. The van der Waals surface area contributed by atoms with Crippen molar-refractivity contribution in [2.75, 3.05) is 24.3 Å². The smallest absolute Gasteiger partial charge is 0.344 e. The van der Waals surface area contributed by atoms with Gasteiger partial charge in [0, 0.05) is 4.90 Å². The third kappa shape index (κ3) is 7.32. The highest BCUT2D eigenvalue weighted by atomic mass is 32.2. The number of para-hydroxylation sites is 1. The average molecular weight is 402 g/mol. The first-order valence-electron chi connectivity index (χ1n) is 8.65. The normalized spacial score (nSPS) is 10.2. The van der Waals surface area contributed by atoms with Gasteiger partial charge < -0.3 is 20.5 Å². The molecule has 2 aromatic carbocycles. The first-order valence-corrected chi connectivity index (χ1v) is 9.64. The molecule has 2 aromatic rings. The van der Waals surface area contributed by atoms with Crippen LogP contribution < -0.4 is 15.8 Å². The van der Waals surface area contributed by atoms with Crippen molar-refractivity contribution in [1.29, 1.82) is 0 Å². The molecule has 0 aliphatic heterocycles. The minimum absolute atomic E-state index is 0.0957. The molecule has 0 aliphatic carbocycles. The molecule has 8 heteroatoms. The minimum Gasteiger partial charge on any atom is -0.482 e. The molecule has 0 saturated heterocycles. The number of hydrogen-bond donors (Lipinski definition) is 2. The summed E-state index contributed by atoms with van der Waals surface area (Å²) in [6, 6.07) is 14.4. The summed E-state index contributed by atoms with van der Waals surface area (Å²) < 4.78 is 10.3. The van der Waals surface area contributed by atoms with Crippen LogP contribution in [0.4, 0.5) is 5.69 Å². The highest BCUT2D eigenvalue weighted by Gasteiger charge is 2.11. The summed E-state index contributed by atoms with van der Waals surface area (Å²) in [5.41, 5.74) is 6.82. The molecule has 2 amide bonds. The van der Waals surface area contributed by atoms with Crippen LogP contribution in [0.15, 0.2) is 53.4 Å². The number of nitrogens with two attached hydrogens (primary N) is 1. The number of esters is 1. The summed E-state index contributed by atoms with van der Waals surface area (Å²) >= 11 is 1.21. The van der Waals surface area contributed by atoms with Gasteiger partial charge in [0.15, 0.2) is 13.2 Å². The Kier molecular flexibility index (Phi) is 8.36. The molecule has 2 rings (SSSR count). The third-order valence-corrected chi connectivity index (χ3v) is 4.68. The maximum Gasteiger partial charge on any atom is 0.344 e. The second-order valence-corrected chi connectivity index (χ2v) is 6.76. The lowest BCUT2D eigenvalue weighted by molar-refractivity contribution is -0.149. The Hall–Kier alpha value is -3.00. The standard InChI is InChI=1S/C20H22N2O5S/c1-2-14-7-9-15(10-8-14)26-12-20(25)27-11-19(24)22-16-5-3-4-6-17(16)28-13-18(21)23/h3-10H,2,11-13H2,1H3,(H2,21,23)(H,22,24). The molecule has 0 bridgehead atoms. The molecule has 0 aliphatic rings. The first-order chi connectivity index (χ1) is 13.5. The van der Waals surface area contributed by atoms with Crippen molar-refractivity contribution in [2.24, 2.45) is 5.73 Å². The van der Waals surface area contributed by atoms with E-state index in [4.69, 9.17) is 15.2 Å². The van der Waals surface area contributed by atoms with Crippen molar-refractivity contribution < 1.29 is 23.9 Å². The van der Waals surface area contributed by atoms with Crippen molar-refractivity contribution in [2.45, 2.75) is 18.2 Å². The number of thioether (sulfide) groups is 1. The fourth-order valence-electron chi connectivity index (χ4n) is 2.18. The summed E-state index contributed by atoms with van der Waals surface area (Å²) in [4.78, 5) is 35.4. The Morgan fingerprint density at radius 3 is 2.43 bits per heavy atom. The van der Waals surface area contributed by atoms with E-state index in [2.05, 4.69) is 5.32 Å². The first kappa shape index (κ1) is 21.3. The van der Waals surface area contributed by atoms with Gasteiger partial charge in [0.05, 0.1) is 11.4 Å². The Morgan fingerprint density at radius 1 is 1.04 bits per heavy atom. The highest BCUT2D eigenvalue weighted by molar-refractivity contribution is 8.00. The van der Waals surface area contributed by atoms with Crippen molar-refractivity contribution in [3.8, 4) is 5.75 Å². The highest BCUT2D eigenvalue weighted by Crippen LogP contribution is 2.26. The number of ether oxygens (including phenoxy) is 2. The van der Waals surface area contributed by atoms with Gasteiger partial charge >= 0.3 is 5.97 Å². The molecule has 3 N–H and O–H groups in total. The number of benzene rings is 2. The molecule has 0 fully saturated rings. The van der Waals surface area contributed by atoms with Gasteiger partial charge in [-0.3, -0.25) is 9.59 Å². The van der Waals surface area contributed by atoms with Gasteiger partial charge in [0.25, 0.3) is 5.91 Å². The molecule has 28 heavy (non-hydrogen) atoms. The molecule has 0 radical (unpaired) electrons. The number of aryl methyl sites for hydroxylation is 1. The van der Waals surface area contributed by atoms with Crippen molar-refractivity contribution in [3.63, 3.8) is 0 Å². The molecule has 0 saturated carbocycles. The van der Waals surface area contributed by atoms with E-state index in [1.807, 2.05) is 19.1 Å². The summed E-state index contributed by atoms with van der Waals surface area (Å²) in [6.07, 6.45) is 0.918. The quantitative estimate of drug-likeness (QED) is 0.467. The molecule has 7 nitrogen and oxygen atoms in total. The fraction of sp³-hybridized carbons (Fsp3) is 0.250. The molecule has 0 atom stereocenters. The van der Waals surface area contributed by atoms with Crippen LogP contribution in [-0.4, -0.2) is 36.8 Å². The van der Waals surface area contributed by atoms with Gasteiger partial charge in [-0.2, -0.15) is 0 Å². The van der Waals surface area contributed by atoms with E-state index in [9.17, 15) is 14.4 Å². The van der Waals surface area contributed by atoms with Gasteiger partial charge in [-0.15, -0.1) is 11.8 Å². The number of nitrogens with one attached hydrogen (secondary N) is 1. The predicted molar refractivity (Wildman–Crippen MR) is 107 cm³/mol. The van der Waals surface area contributed by atoms with Crippen molar-refractivity contribution in [1.82, 2.24) is 0 Å². The molecular formula is C20H22N2O5S. The van der Waals surface area contributed by atoms with E-state index in [-0.39, 0.29) is 12.4 Å². The largest absolute Gasteiger partial charge is 0.482 e. The van der Waals surface area contributed by atoms with Crippen LogP contribution in [-0.2, 0) is 25.5 Å². The molecular weight excluding hydrogens is 380 g/mol. The molecule has 0 spiro atoms. The van der Waals surface area contributed by atoms with Gasteiger partial charge in [0.1, 0.15) is 5.75 Å². The van der Waals surface area contributed by atoms with Gasteiger partial charge in [-0.1, -0.05) is 31.2 Å². The van der Waals surface area contributed by atoms with Crippen LogP contribution >= 0.6 is 11.8 Å². The predicted octanol–water partition coefficient (Wildman–Crippen LogP) is 2.39. The zero-order valence-electron chi connectivity index (χ0n) is 15.5. The van der Waals surface area contributed by atoms with E-state index >= 15 is 0 Å². The van der Waals surface area contributed by atoms with Gasteiger partial charge in [-0.05, 0) is 36.2 Å². The zero-order valence-corrected chi connectivity index (χ0v) is 16.3. The van der Waals surface area contributed by atoms with E-state index in [0.717, 1.165) is 6.42 Å². The summed E-state index contributed by atoms with van der Waals surface area (Å²) in [6.45, 7) is 1.32. The van der Waals surface area contributed by atoms with Crippen LogP contribution in [0, 0.1) is 0 Å². The number of primary amides is 1. The number of rotatable bonds is 10. The maximum absolute atomic E-state index is 12.0. The molecule has 0 unspecified atom stereocenters. The maximum atomic E-state index is 12.0. The van der Waals surface area contributed by atoms with Gasteiger partial charge in [-0.25, -0.2) is 4.79 Å². The van der Waals surface area contributed by atoms with E-state index in [0.29, 0.717) is 16.3 Å². The van der Waals surface area contributed by atoms with Crippen molar-refractivity contribution in [3.05, 3.63) is 54.1 Å². The number of amides is 2. The van der Waals surface area contributed by atoms with Crippen molar-refractivity contribution >= 4 is 35.2 Å². The van der Waals surface area contributed by atoms with Crippen LogP contribution in [0.3, 0.4) is 0 Å². The SMILES string of the molecule is CCc1ccc(OCC(=O)OCC(=O)Nc2ccccc2SCC(N)=O)cc1.